The highest BCUT2D eigenvalue weighted by molar-refractivity contribution is 5.59. The molecule has 0 radical (unpaired) electrons. The summed E-state index contributed by atoms with van der Waals surface area (Å²) in [7, 11) is 0. The van der Waals surface area contributed by atoms with Crippen molar-refractivity contribution >= 4 is 5.95 Å². The third-order valence-electron chi connectivity index (χ3n) is 2.17. The van der Waals surface area contributed by atoms with Crippen molar-refractivity contribution in [3.05, 3.63) is 18.1 Å². The fourth-order valence-corrected chi connectivity index (χ4v) is 1.43. The van der Waals surface area contributed by atoms with Crippen molar-refractivity contribution in [2.45, 2.75) is 19.8 Å². The second-order valence-electron chi connectivity index (χ2n) is 3.31. The van der Waals surface area contributed by atoms with Gasteiger partial charge in [-0.05, 0) is 6.42 Å². The lowest BCUT2D eigenvalue weighted by atomic mass is 10.1. The van der Waals surface area contributed by atoms with Crippen LogP contribution in [0.1, 0.15) is 19.0 Å². The van der Waals surface area contributed by atoms with E-state index in [9.17, 15) is 0 Å². The zero-order valence-corrected chi connectivity index (χ0v) is 8.94. The van der Waals surface area contributed by atoms with Gasteiger partial charge in [-0.2, -0.15) is 5.10 Å². The van der Waals surface area contributed by atoms with Gasteiger partial charge in [-0.15, -0.1) is 10.2 Å². The summed E-state index contributed by atoms with van der Waals surface area (Å²) in [6.07, 6.45) is 5.34. The van der Waals surface area contributed by atoms with Crippen LogP contribution in [0.3, 0.4) is 0 Å². The number of nitrogen functional groups attached to an aromatic ring is 1. The van der Waals surface area contributed by atoms with E-state index in [1.807, 2.05) is 0 Å². The third kappa shape index (κ3) is 1.98. The minimum Gasteiger partial charge on any atom is -0.291 e. The quantitative estimate of drug-likeness (QED) is 0.510. The fourth-order valence-electron chi connectivity index (χ4n) is 1.43. The van der Waals surface area contributed by atoms with Crippen LogP contribution in [0.25, 0.3) is 11.3 Å². The largest absolute Gasteiger partial charge is 0.291 e. The molecule has 2 rings (SSSR count). The summed E-state index contributed by atoms with van der Waals surface area (Å²) < 4.78 is 0. The van der Waals surface area contributed by atoms with E-state index in [0.29, 0.717) is 11.6 Å². The number of hydrogen-bond donors (Lipinski definition) is 3. The molecule has 0 spiro atoms. The van der Waals surface area contributed by atoms with Crippen molar-refractivity contribution in [1.82, 2.24) is 25.4 Å². The molecule has 0 aliphatic carbocycles. The van der Waals surface area contributed by atoms with E-state index in [1.54, 1.807) is 12.4 Å². The minimum absolute atomic E-state index is 0.296. The summed E-state index contributed by atoms with van der Waals surface area (Å²) >= 11 is 0. The number of aromatic amines is 1. The van der Waals surface area contributed by atoms with Gasteiger partial charge in [0.15, 0.2) is 0 Å². The Labute approximate surface area is 92.5 Å². The molecule has 7 heteroatoms. The van der Waals surface area contributed by atoms with Gasteiger partial charge >= 0.3 is 0 Å². The molecule has 2 heterocycles. The average Bonchev–Trinajstić information content (AvgIpc) is 2.78. The number of nitrogens with one attached hydrogen (secondary N) is 2. The van der Waals surface area contributed by atoms with Crippen molar-refractivity contribution in [2.75, 3.05) is 5.43 Å². The van der Waals surface area contributed by atoms with Crippen molar-refractivity contribution < 1.29 is 0 Å². The zero-order chi connectivity index (χ0) is 11.4. The predicted molar refractivity (Wildman–Crippen MR) is 59.2 cm³/mol. The molecular weight excluding hydrogens is 206 g/mol. The Balaban J connectivity index is 2.31. The minimum atomic E-state index is 0.296. The fraction of sp³-hybridized carbons (Fsp3) is 0.333. The molecule has 0 aliphatic heterocycles. The number of nitrogens with two attached hydrogens (primary N) is 1. The van der Waals surface area contributed by atoms with Crippen LogP contribution in [0.5, 0.6) is 0 Å². The molecule has 2 aromatic heterocycles. The Morgan fingerprint density at radius 1 is 1.44 bits per heavy atom. The molecule has 16 heavy (non-hydrogen) atoms. The van der Waals surface area contributed by atoms with Crippen molar-refractivity contribution in [3.8, 4) is 11.3 Å². The second kappa shape index (κ2) is 4.67. The van der Waals surface area contributed by atoms with Crippen molar-refractivity contribution in [1.29, 1.82) is 0 Å². The first-order chi connectivity index (χ1) is 7.85. The number of H-pyrrole nitrogens is 1. The van der Waals surface area contributed by atoms with Gasteiger partial charge in [0.25, 0.3) is 5.95 Å². The monoisotopic (exact) mass is 219 g/mol. The van der Waals surface area contributed by atoms with Crippen LogP contribution < -0.4 is 11.3 Å². The van der Waals surface area contributed by atoms with Crippen LogP contribution in [-0.2, 0) is 6.42 Å². The molecule has 0 aromatic carbocycles. The second-order valence-corrected chi connectivity index (χ2v) is 3.31. The molecule has 0 unspecified atom stereocenters. The highest BCUT2D eigenvalue weighted by atomic mass is 15.3. The number of hydrogen-bond acceptors (Lipinski definition) is 6. The van der Waals surface area contributed by atoms with Crippen LogP contribution >= 0.6 is 0 Å². The molecule has 0 aliphatic rings. The molecule has 0 saturated heterocycles. The molecule has 0 saturated carbocycles. The van der Waals surface area contributed by atoms with E-state index < -0.39 is 0 Å². The summed E-state index contributed by atoms with van der Waals surface area (Å²) in [6, 6.07) is 0. The van der Waals surface area contributed by atoms with Gasteiger partial charge in [0.1, 0.15) is 5.69 Å². The van der Waals surface area contributed by atoms with Crippen LogP contribution in [0.4, 0.5) is 5.95 Å². The predicted octanol–water partition coefficient (Wildman–Crippen LogP) is 0.500. The highest BCUT2D eigenvalue weighted by Gasteiger charge is 2.09. The van der Waals surface area contributed by atoms with Gasteiger partial charge in [0.2, 0.25) is 0 Å². The van der Waals surface area contributed by atoms with Crippen LogP contribution in [0.2, 0.25) is 0 Å². The van der Waals surface area contributed by atoms with Crippen LogP contribution in [-0.4, -0.2) is 25.4 Å². The number of aromatic nitrogens is 5. The lowest BCUT2D eigenvalue weighted by Gasteiger charge is -2.00. The Hall–Kier alpha value is -2.02. The van der Waals surface area contributed by atoms with Crippen molar-refractivity contribution in [3.63, 3.8) is 0 Å². The first-order valence-electron chi connectivity index (χ1n) is 5.04. The first kappa shape index (κ1) is 10.5. The SMILES string of the molecule is CCCc1n[nH]cc1-c1cnc(NN)nn1. The van der Waals surface area contributed by atoms with Crippen molar-refractivity contribution in [2.24, 2.45) is 5.84 Å². The molecule has 0 atom stereocenters. The van der Waals surface area contributed by atoms with Gasteiger partial charge < -0.3 is 0 Å². The van der Waals surface area contributed by atoms with Crippen LogP contribution in [0.15, 0.2) is 12.4 Å². The molecule has 2 aromatic rings. The average molecular weight is 219 g/mol. The summed E-state index contributed by atoms with van der Waals surface area (Å²) in [5.74, 6) is 5.46. The molecule has 84 valence electrons. The smallest absolute Gasteiger partial charge is 0.256 e. The Bertz CT molecular complexity index is 447. The van der Waals surface area contributed by atoms with Gasteiger partial charge in [0, 0.05) is 11.8 Å². The molecule has 4 N–H and O–H groups in total. The van der Waals surface area contributed by atoms with E-state index in [0.717, 1.165) is 24.1 Å². The number of hydrazine groups is 1. The number of nitrogens with zero attached hydrogens (tertiary/aromatic N) is 4. The topological polar surface area (TPSA) is 105 Å². The Kier molecular flexibility index (Phi) is 3.06. The molecule has 7 nitrogen and oxygen atoms in total. The first-order valence-corrected chi connectivity index (χ1v) is 5.04. The van der Waals surface area contributed by atoms with Gasteiger partial charge in [-0.1, -0.05) is 13.3 Å². The Morgan fingerprint density at radius 3 is 2.94 bits per heavy atom. The highest BCUT2D eigenvalue weighted by Crippen LogP contribution is 2.19. The Morgan fingerprint density at radius 2 is 2.31 bits per heavy atom. The van der Waals surface area contributed by atoms with E-state index in [4.69, 9.17) is 5.84 Å². The lowest BCUT2D eigenvalue weighted by molar-refractivity contribution is 0.866. The lowest BCUT2D eigenvalue weighted by Crippen LogP contribution is -2.11. The molecule has 0 amide bonds. The summed E-state index contributed by atoms with van der Waals surface area (Å²) in [6.45, 7) is 2.10. The van der Waals surface area contributed by atoms with Gasteiger partial charge in [-0.3, -0.25) is 10.5 Å². The zero-order valence-electron chi connectivity index (χ0n) is 8.94. The standard InChI is InChI=1S/C9H13N7/c1-2-3-7-6(4-12-14-7)8-5-11-9(13-10)16-15-8/h4-5H,2-3,10H2,1H3,(H,12,14)(H,11,13,16). The summed E-state index contributed by atoms with van der Waals surface area (Å²) in [4.78, 5) is 4.00. The molecular formula is C9H13N7. The number of aryl methyl sites for hydroxylation is 1. The van der Waals surface area contributed by atoms with Gasteiger partial charge in [-0.25, -0.2) is 10.8 Å². The van der Waals surface area contributed by atoms with E-state index in [2.05, 4.69) is 37.7 Å². The normalized spacial score (nSPS) is 10.4. The maximum Gasteiger partial charge on any atom is 0.256 e. The molecule has 0 fully saturated rings. The summed E-state index contributed by atoms with van der Waals surface area (Å²) in [5, 5.41) is 14.8. The van der Waals surface area contributed by atoms with Gasteiger partial charge in [0.05, 0.1) is 11.9 Å². The maximum atomic E-state index is 5.16. The number of anilines is 1. The third-order valence-corrected chi connectivity index (χ3v) is 2.17. The van der Waals surface area contributed by atoms with Crippen LogP contribution in [0, 0.1) is 0 Å². The molecule has 0 bridgehead atoms. The van der Waals surface area contributed by atoms with E-state index >= 15 is 0 Å². The van der Waals surface area contributed by atoms with E-state index in [1.165, 1.54) is 0 Å². The number of rotatable bonds is 4. The maximum absolute atomic E-state index is 5.16. The summed E-state index contributed by atoms with van der Waals surface area (Å²) in [5.41, 5.74) is 4.94. The van der Waals surface area contributed by atoms with E-state index in [-0.39, 0.29) is 0 Å².